The lowest BCUT2D eigenvalue weighted by molar-refractivity contribution is -0.120. The highest BCUT2D eigenvalue weighted by Gasteiger charge is 2.18. The van der Waals surface area contributed by atoms with Crippen LogP contribution in [0.1, 0.15) is 16.7 Å². The van der Waals surface area contributed by atoms with Crippen molar-refractivity contribution in [2.24, 2.45) is 7.05 Å². The Morgan fingerprint density at radius 1 is 1.26 bits per heavy atom. The van der Waals surface area contributed by atoms with E-state index in [0.717, 1.165) is 33.3 Å². The summed E-state index contributed by atoms with van der Waals surface area (Å²) in [6.07, 6.45) is 3.31. The van der Waals surface area contributed by atoms with Crippen molar-refractivity contribution in [3.8, 4) is 0 Å². The Morgan fingerprint density at radius 2 is 2.11 bits per heavy atom. The number of rotatable bonds is 5. The lowest BCUT2D eigenvalue weighted by Crippen LogP contribution is -2.27. The van der Waals surface area contributed by atoms with Gasteiger partial charge in [-0.25, -0.2) is 4.39 Å². The summed E-state index contributed by atoms with van der Waals surface area (Å²) in [6, 6.07) is 10.4. The number of hydrogen-bond acceptors (Lipinski definition) is 2. The molecule has 2 heterocycles. The molecular weight excluding hydrogens is 345 g/mol. The molecule has 5 nitrogen and oxygen atoms in total. The second kappa shape index (κ2) is 6.87. The first-order chi connectivity index (χ1) is 13.0. The monoisotopic (exact) mass is 365 g/mol. The number of nitrogens with zero attached hydrogens (tertiary/aromatic N) is 1. The second-order valence-electron chi connectivity index (χ2n) is 6.92. The second-order valence-corrected chi connectivity index (χ2v) is 6.92. The molecule has 0 saturated carbocycles. The molecule has 2 aromatic carbocycles. The zero-order chi connectivity index (χ0) is 19.0. The minimum Gasteiger partial charge on any atom is -0.355 e. The minimum absolute atomic E-state index is 0.0124. The SMILES string of the molecule is Cn1cc(CCNC(=O)Cc2ccc3c(c2)NC(=O)C3)c2ccc(F)cc21. The fourth-order valence-electron chi connectivity index (χ4n) is 3.60. The van der Waals surface area contributed by atoms with Crippen LogP contribution < -0.4 is 10.6 Å². The van der Waals surface area contributed by atoms with Crippen molar-refractivity contribution in [1.29, 1.82) is 0 Å². The van der Waals surface area contributed by atoms with E-state index >= 15 is 0 Å². The maximum atomic E-state index is 13.4. The summed E-state index contributed by atoms with van der Waals surface area (Å²) in [5, 5.41) is 6.73. The van der Waals surface area contributed by atoms with E-state index < -0.39 is 0 Å². The van der Waals surface area contributed by atoms with Gasteiger partial charge in [0.2, 0.25) is 11.8 Å². The third-order valence-corrected chi connectivity index (χ3v) is 4.92. The van der Waals surface area contributed by atoms with Gasteiger partial charge >= 0.3 is 0 Å². The number of nitrogens with one attached hydrogen (secondary N) is 2. The number of hydrogen-bond donors (Lipinski definition) is 2. The lowest BCUT2D eigenvalue weighted by atomic mass is 10.1. The Kier molecular flexibility index (Phi) is 4.39. The van der Waals surface area contributed by atoms with Crippen molar-refractivity contribution in [3.63, 3.8) is 0 Å². The molecule has 0 saturated heterocycles. The maximum Gasteiger partial charge on any atom is 0.228 e. The molecule has 6 heteroatoms. The van der Waals surface area contributed by atoms with Crippen LogP contribution in [-0.2, 0) is 35.9 Å². The first kappa shape index (κ1) is 17.3. The first-order valence-electron chi connectivity index (χ1n) is 8.91. The van der Waals surface area contributed by atoms with E-state index in [2.05, 4.69) is 10.6 Å². The molecule has 1 aliphatic rings. The van der Waals surface area contributed by atoms with Gasteiger partial charge in [0, 0.05) is 30.9 Å². The molecule has 1 aliphatic heterocycles. The molecule has 0 spiro atoms. The highest BCUT2D eigenvalue weighted by molar-refractivity contribution is 5.99. The molecule has 1 aromatic heterocycles. The normalized spacial score (nSPS) is 12.9. The number of aromatic nitrogens is 1. The van der Waals surface area contributed by atoms with Crippen molar-refractivity contribution >= 4 is 28.4 Å². The number of amides is 2. The van der Waals surface area contributed by atoms with E-state index in [0.29, 0.717) is 19.4 Å². The molecular formula is C21H20FN3O2. The molecule has 0 atom stereocenters. The Morgan fingerprint density at radius 3 is 2.96 bits per heavy atom. The summed E-state index contributed by atoms with van der Waals surface area (Å²) in [5.74, 6) is -0.332. The Hall–Kier alpha value is -3.15. The predicted molar refractivity (Wildman–Crippen MR) is 102 cm³/mol. The van der Waals surface area contributed by atoms with E-state index in [-0.39, 0.29) is 24.1 Å². The van der Waals surface area contributed by atoms with E-state index in [4.69, 9.17) is 0 Å². The van der Waals surface area contributed by atoms with E-state index in [1.807, 2.05) is 36.0 Å². The van der Waals surface area contributed by atoms with Gasteiger partial charge in [0.1, 0.15) is 5.82 Å². The molecule has 4 rings (SSSR count). The number of carbonyl (C=O) groups excluding carboxylic acids is 2. The molecule has 0 fully saturated rings. The molecule has 0 radical (unpaired) electrons. The average molecular weight is 365 g/mol. The van der Waals surface area contributed by atoms with Crippen LogP contribution in [0.25, 0.3) is 10.9 Å². The topological polar surface area (TPSA) is 63.1 Å². The third-order valence-electron chi connectivity index (χ3n) is 4.92. The smallest absolute Gasteiger partial charge is 0.228 e. The Bertz CT molecular complexity index is 1060. The van der Waals surface area contributed by atoms with Crippen molar-refractivity contribution in [1.82, 2.24) is 9.88 Å². The zero-order valence-corrected chi connectivity index (χ0v) is 15.0. The van der Waals surface area contributed by atoms with Gasteiger partial charge in [0.25, 0.3) is 0 Å². The van der Waals surface area contributed by atoms with Crippen LogP contribution in [0.15, 0.2) is 42.6 Å². The third kappa shape index (κ3) is 3.56. The van der Waals surface area contributed by atoms with E-state index in [1.54, 1.807) is 6.07 Å². The fraction of sp³-hybridized carbons (Fsp3) is 0.238. The van der Waals surface area contributed by atoms with Gasteiger partial charge < -0.3 is 15.2 Å². The number of halogens is 1. The molecule has 0 aliphatic carbocycles. The number of carbonyl (C=O) groups is 2. The molecule has 2 amide bonds. The molecule has 2 N–H and O–H groups in total. The number of anilines is 1. The molecule has 138 valence electrons. The van der Waals surface area contributed by atoms with E-state index in [9.17, 15) is 14.0 Å². The van der Waals surface area contributed by atoms with Crippen LogP contribution in [-0.4, -0.2) is 22.9 Å². The molecule has 0 unspecified atom stereocenters. The standard InChI is InChI=1S/C21H20FN3O2/c1-25-12-15(17-5-4-16(22)11-19(17)25)6-7-23-20(26)9-13-2-3-14-10-21(27)24-18(14)8-13/h2-5,8,11-12H,6-7,9-10H2,1H3,(H,23,26)(H,24,27). The fourth-order valence-corrected chi connectivity index (χ4v) is 3.60. The molecule has 3 aromatic rings. The molecule has 0 bridgehead atoms. The quantitative estimate of drug-likeness (QED) is 0.730. The van der Waals surface area contributed by atoms with Gasteiger partial charge in [0.15, 0.2) is 0 Å². The number of benzene rings is 2. The van der Waals surface area contributed by atoms with Crippen LogP contribution in [0.2, 0.25) is 0 Å². The Balaban J connectivity index is 1.35. The summed E-state index contributed by atoms with van der Waals surface area (Å²) in [7, 11) is 1.89. The van der Waals surface area contributed by atoms with Gasteiger partial charge in [-0.15, -0.1) is 0 Å². The van der Waals surface area contributed by atoms with Crippen molar-refractivity contribution in [3.05, 3.63) is 65.1 Å². The number of fused-ring (bicyclic) bond motifs is 2. The maximum absolute atomic E-state index is 13.4. The minimum atomic E-state index is -0.255. The predicted octanol–water partition coefficient (Wildman–Crippen LogP) is 2.71. The van der Waals surface area contributed by atoms with Crippen LogP contribution >= 0.6 is 0 Å². The van der Waals surface area contributed by atoms with Crippen molar-refractivity contribution in [2.75, 3.05) is 11.9 Å². The Labute approximate surface area is 156 Å². The van der Waals surface area contributed by atoms with Crippen LogP contribution in [0.5, 0.6) is 0 Å². The summed E-state index contributed by atoms with van der Waals surface area (Å²) in [6.45, 7) is 0.511. The van der Waals surface area contributed by atoms with Crippen LogP contribution in [0.3, 0.4) is 0 Å². The first-order valence-corrected chi connectivity index (χ1v) is 8.91. The molecule has 27 heavy (non-hydrogen) atoms. The van der Waals surface area contributed by atoms with Crippen LogP contribution in [0, 0.1) is 5.82 Å². The summed E-state index contributed by atoms with van der Waals surface area (Å²) in [5.41, 5.74) is 4.56. The van der Waals surface area contributed by atoms with Crippen molar-refractivity contribution in [2.45, 2.75) is 19.3 Å². The average Bonchev–Trinajstić information content (AvgIpc) is 3.14. The van der Waals surface area contributed by atoms with Gasteiger partial charge in [-0.1, -0.05) is 12.1 Å². The largest absolute Gasteiger partial charge is 0.355 e. The van der Waals surface area contributed by atoms with Crippen LogP contribution in [0.4, 0.5) is 10.1 Å². The highest BCUT2D eigenvalue weighted by atomic mass is 19.1. The summed E-state index contributed by atoms with van der Waals surface area (Å²) < 4.78 is 15.3. The highest BCUT2D eigenvalue weighted by Crippen LogP contribution is 2.24. The summed E-state index contributed by atoms with van der Waals surface area (Å²) >= 11 is 0. The van der Waals surface area contributed by atoms with Gasteiger partial charge in [0.05, 0.1) is 18.4 Å². The summed E-state index contributed by atoms with van der Waals surface area (Å²) in [4.78, 5) is 23.6. The lowest BCUT2D eigenvalue weighted by Gasteiger charge is -2.07. The van der Waals surface area contributed by atoms with Gasteiger partial charge in [-0.05, 0) is 47.4 Å². The van der Waals surface area contributed by atoms with Gasteiger partial charge in [-0.3, -0.25) is 9.59 Å². The van der Waals surface area contributed by atoms with Gasteiger partial charge in [-0.2, -0.15) is 0 Å². The van der Waals surface area contributed by atoms with E-state index in [1.165, 1.54) is 12.1 Å². The number of aryl methyl sites for hydroxylation is 1. The zero-order valence-electron chi connectivity index (χ0n) is 15.0. The van der Waals surface area contributed by atoms with Crippen molar-refractivity contribution < 1.29 is 14.0 Å².